The van der Waals surface area contributed by atoms with Crippen LogP contribution in [0.4, 0.5) is 0 Å². The molecule has 0 bridgehead atoms. The molecule has 2 aromatic carbocycles. The molecule has 18 heavy (non-hydrogen) atoms. The van der Waals surface area contributed by atoms with Gasteiger partial charge in [-0.25, -0.2) is 0 Å². The summed E-state index contributed by atoms with van der Waals surface area (Å²) in [5.74, 6) is 0.915. The average molecular weight is 239 g/mol. The van der Waals surface area contributed by atoms with Crippen molar-refractivity contribution in [3.63, 3.8) is 0 Å². The standard InChI is InChI=1S/C16H17NO/c1-9-5-11(3)15-12-6-10(2)8-14(18-4)16(12)17-13(15)7-9/h5-8,17H,1-4H3. The van der Waals surface area contributed by atoms with Crippen molar-refractivity contribution in [2.75, 3.05) is 7.11 Å². The Hall–Kier alpha value is -1.96. The van der Waals surface area contributed by atoms with E-state index in [2.05, 4.69) is 50.0 Å². The van der Waals surface area contributed by atoms with Crippen molar-refractivity contribution in [1.82, 2.24) is 4.98 Å². The summed E-state index contributed by atoms with van der Waals surface area (Å²) in [5.41, 5.74) is 6.09. The maximum Gasteiger partial charge on any atom is 0.143 e. The Morgan fingerprint density at radius 1 is 0.944 bits per heavy atom. The lowest BCUT2D eigenvalue weighted by molar-refractivity contribution is 0.419. The van der Waals surface area contributed by atoms with Crippen LogP contribution >= 0.6 is 0 Å². The second-order valence-electron chi connectivity index (χ2n) is 5.02. The van der Waals surface area contributed by atoms with Crippen LogP contribution in [0.25, 0.3) is 21.8 Å². The second-order valence-corrected chi connectivity index (χ2v) is 5.02. The topological polar surface area (TPSA) is 25.0 Å². The monoisotopic (exact) mass is 239 g/mol. The number of H-pyrrole nitrogens is 1. The van der Waals surface area contributed by atoms with E-state index in [1.807, 2.05) is 0 Å². The lowest BCUT2D eigenvalue weighted by Crippen LogP contribution is -1.85. The number of aromatic amines is 1. The number of aryl methyl sites for hydroxylation is 3. The van der Waals surface area contributed by atoms with Gasteiger partial charge in [-0.15, -0.1) is 0 Å². The molecule has 1 heterocycles. The first-order valence-corrected chi connectivity index (χ1v) is 6.17. The van der Waals surface area contributed by atoms with Crippen LogP contribution in [0, 0.1) is 20.8 Å². The molecule has 0 radical (unpaired) electrons. The maximum atomic E-state index is 5.48. The van der Waals surface area contributed by atoms with Gasteiger partial charge in [-0.05, 0) is 55.7 Å². The van der Waals surface area contributed by atoms with Gasteiger partial charge in [0.1, 0.15) is 5.75 Å². The minimum Gasteiger partial charge on any atom is -0.495 e. The molecule has 0 amide bonds. The van der Waals surface area contributed by atoms with Crippen molar-refractivity contribution in [1.29, 1.82) is 0 Å². The molecular formula is C16H17NO. The van der Waals surface area contributed by atoms with Crippen molar-refractivity contribution >= 4 is 21.8 Å². The van der Waals surface area contributed by atoms with E-state index >= 15 is 0 Å². The molecule has 0 saturated heterocycles. The number of benzene rings is 2. The van der Waals surface area contributed by atoms with Gasteiger partial charge < -0.3 is 9.72 Å². The fraction of sp³-hybridized carbons (Fsp3) is 0.250. The largest absolute Gasteiger partial charge is 0.495 e. The minimum atomic E-state index is 0.915. The molecule has 0 spiro atoms. The average Bonchev–Trinajstić information content (AvgIpc) is 2.65. The highest BCUT2D eigenvalue weighted by molar-refractivity contribution is 6.11. The summed E-state index contributed by atoms with van der Waals surface area (Å²) in [6.07, 6.45) is 0. The zero-order valence-electron chi connectivity index (χ0n) is 11.2. The first-order chi connectivity index (χ1) is 8.60. The van der Waals surface area contributed by atoms with Gasteiger partial charge >= 0.3 is 0 Å². The lowest BCUT2D eigenvalue weighted by atomic mass is 10.0. The van der Waals surface area contributed by atoms with Crippen molar-refractivity contribution in [2.45, 2.75) is 20.8 Å². The van der Waals surface area contributed by atoms with E-state index in [1.165, 1.54) is 33.0 Å². The molecule has 0 saturated carbocycles. The van der Waals surface area contributed by atoms with E-state index < -0.39 is 0 Å². The Morgan fingerprint density at radius 2 is 1.67 bits per heavy atom. The molecule has 0 aliphatic carbocycles. The van der Waals surface area contributed by atoms with Gasteiger partial charge in [0.25, 0.3) is 0 Å². The van der Waals surface area contributed by atoms with Crippen LogP contribution in [-0.2, 0) is 0 Å². The van der Waals surface area contributed by atoms with Crippen LogP contribution in [0.2, 0.25) is 0 Å². The summed E-state index contributed by atoms with van der Waals surface area (Å²) >= 11 is 0. The number of hydrogen-bond acceptors (Lipinski definition) is 1. The van der Waals surface area contributed by atoms with Gasteiger partial charge in [-0.2, -0.15) is 0 Å². The van der Waals surface area contributed by atoms with E-state index in [-0.39, 0.29) is 0 Å². The van der Waals surface area contributed by atoms with Crippen molar-refractivity contribution in [3.8, 4) is 5.75 Å². The highest BCUT2D eigenvalue weighted by Crippen LogP contribution is 2.35. The van der Waals surface area contributed by atoms with E-state index in [0.717, 1.165) is 11.3 Å². The normalized spacial score (nSPS) is 11.3. The summed E-state index contributed by atoms with van der Waals surface area (Å²) in [4.78, 5) is 3.48. The Kier molecular flexibility index (Phi) is 2.34. The number of hydrogen-bond donors (Lipinski definition) is 1. The smallest absolute Gasteiger partial charge is 0.143 e. The van der Waals surface area contributed by atoms with Crippen LogP contribution in [0.3, 0.4) is 0 Å². The van der Waals surface area contributed by atoms with Gasteiger partial charge in [0.2, 0.25) is 0 Å². The third-order valence-corrected chi connectivity index (χ3v) is 3.48. The van der Waals surface area contributed by atoms with Gasteiger partial charge in [-0.3, -0.25) is 0 Å². The summed E-state index contributed by atoms with van der Waals surface area (Å²) < 4.78 is 5.48. The van der Waals surface area contributed by atoms with Crippen LogP contribution in [0.5, 0.6) is 5.75 Å². The number of methoxy groups -OCH3 is 1. The molecule has 3 rings (SSSR count). The molecule has 0 atom stereocenters. The highest BCUT2D eigenvalue weighted by Gasteiger charge is 2.11. The quantitative estimate of drug-likeness (QED) is 0.674. The van der Waals surface area contributed by atoms with Crippen LogP contribution in [0.15, 0.2) is 24.3 Å². The molecule has 3 aromatic rings. The molecular weight excluding hydrogens is 222 g/mol. The van der Waals surface area contributed by atoms with Gasteiger partial charge in [-0.1, -0.05) is 6.07 Å². The van der Waals surface area contributed by atoms with Crippen molar-refractivity contribution in [2.24, 2.45) is 0 Å². The van der Waals surface area contributed by atoms with E-state index in [9.17, 15) is 0 Å². The Morgan fingerprint density at radius 3 is 2.39 bits per heavy atom. The summed E-state index contributed by atoms with van der Waals surface area (Å²) in [6.45, 7) is 6.39. The Labute approximate surface area is 107 Å². The van der Waals surface area contributed by atoms with Crippen molar-refractivity contribution < 1.29 is 4.74 Å². The predicted octanol–water partition coefficient (Wildman–Crippen LogP) is 4.25. The molecule has 0 unspecified atom stereocenters. The molecule has 0 fully saturated rings. The molecule has 0 aliphatic heterocycles. The summed E-state index contributed by atoms with van der Waals surface area (Å²) in [6, 6.07) is 8.71. The highest BCUT2D eigenvalue weighted by atomic mass is 16.5. The zero-order chi connectivity index (χ0) is 12.9. The molecule has 2 nitrogen and oxygen atoms in total. The number of nitrogens with one attached hydrogen (secondary N) is 1. The Bertz CT molecular complexity index is 753. The van der Waals surface area contributed by atoms with E-state index in [4.69, 9.17) is 4.74 Å². The van der Waals surface area contributed by atoms with Gasteiger partial charge in [0, 0.05) is 16.3 Å². The first kappa shape index (κ1) is 11.1. The van der Waals surface area contributed by atoms with Gasteiger partial charge in [0.05, 0.1) is 12.6 Å². The third-order valence-electron chi connectivity index (χ3n) is 3.48. The van der Waals surface area contributed by atoms with Crippen LogP contribution < -0.4 is 4.74 Å². The Balaban J connectivity index is 2.55. The second kappa shape index (κ2) is 3.77. The molecule has 2 heteroatoms. The van der Waals surface area contributed by atoms with Crippen LogP contribution in [0.1, 0.15) is 16.7 Å². The number of fused-ring (bicyclic) bond motifs is 3. The first-order valence-electron chi connectivity index (χ1n) is 6.17. The van der Waals surface area contributed by atoms with Gasteiger partial charge in [0.15, 0.2) is 0 Å². The van der Waals surface area contributed by atoms with Crippen LogP contribution in [-0.4, -0.2) is 12.1 Å². The fourth-order valence-electron chi connectivity index (χ4n) is 2.80. The molecule has 1 N–H and O–H groups in total. The van der Waals surface area contributed by atoms with E-state index in [1.54, 1.807) is 7.11 Å². The fourth-order valence-corrected chi connectivity index (χ4v) is 2.80. The lowest BCUT2D eigenvalue weighted by Gasteiger charge is -2.04. The molecule has 92 valence electrons. The predicted molar refractivity (Wildman–Crippen MR) is 76.6 cm³/mol. The molecule has 0 aliphatic rings. The summed E-state index contributed by atoms with van der Waals surface area (Å²) in [5, 5.41) is 2.55. The zero-order valence-corrected chi connectivity index (χ0v) is 11.2. The third kappa shape index (κ3) is 1.49. The van der Waals surface area contributed by atoms with Crippen molar-refractivity contribution in [3.05, 3.63) is 41.0 Å². The number of ether oxygens (including phenoxy) is 1. The molecule has 1 aromatic heterocycles. The SMILES string of the molecule is COc1cc(C)cc2c1[nH]c1cc(C)cc(C)c12. The number of rotatable bonds is 1. The minimum absolute atomic E-state index is 0.915. The summed E-state index contributed by atoms with van der Waals surface area (Å²) in [7, 11) is 1.72. The van der Waals surface area contributed by atoms with E-state index in [0.29, 0.717) is 0 Å². The number of aromatic nitrogens is 1. The maximum absolute atomic E-state index is 5.48.